The largest absolute Gasteiger partial charge is 0.444 e. The van der Waals surface area contributed by atoms with Gasteiger partial charge in [-0.05, 0) is 12.1 Å². The number of benzene rings is 1. The molecule has 21 heavy (non-hydrogen) atoms. The van der Waals surface area contributed by atoms with Gasteiger partial charge in [-0.15, -0.1) is 0 Å². The Kier molecular flexibility index (Phi) is 5.49. The minimum Gasteiger partial charge on any atom is -0.444 e. The number of nitrogens with zero attached hydrogens (tertiary/aromatic N) is 1. The van der Waals surface area contributed by atoms with Gasteiger partial charge in [0.2, 0.25) is 5.89 Å². The van der Waals surface area contributed by atoms with E-state index in [0.717, 1.165) is 5.56 Å². The average molecular weight is 311 g/mol. The molecule has 0 aliphatic heterocycles. The van der Waals surface area contributed by atoms with E-state index in [1.54, 1.807) is 0 Å². The van der Waals surface area contributed by atoms with Crippen molar-refractivity contribution in [2.24, 2.45) is 0 Å². The first kappa shape index (κ1) is 15.7. The summed E-state index contributed by atoms with van der Waals surface area (Å²) in [5.74, 6) is 0.101. The van der Waals surface area contributed by atoms with E-state index in [0.29, 0.717) is 11.6 Å². The summed E-state index contributed by atoms with van der Waals surface area (Å²) in [7, 11) is -3.31. The van der Waals surface area contributed by atoms with Crippen LogP contribution in [0.25, 0.3) is 11.5 Å². The zero-order chi connectivity index (χ0) is 15.1. The van der Waals surface area contributed by atoms with Crippen LogP contribution in [0.2, 0.25) is 0 Å². The molecule has 1 heterocycles. The zero-order valence-corrected chi connectivity index (χ0v) is 12.3. The maximum atomic E-state index is 11.9. The van der Waals surface area contributed by atoms with Crippen LogP contribution in [-0.2, 0) is 20.3 Å². The third-order valence-electron chi connectivity index (χ3n) is 2.71. The molecular weight excluding hydrogens is 294 g/mol. The van der Waals surface area contributed by atoms with E-state index in [1.807, 2.05) is 30.3 Å². The highest BCUT2D eigenvalue weighted by atomic mass is 32.2. The van der Waals surface area contributed by atoms with Gasteiger partial charge in [-0.1, -0.05) is 18.2 Å². The van der Waals surface area contributed by atoms with E-state index in [4.69, 9.17) is 14.3 Å². The predicted octanol–water partition coefficient (Wildman–Crippen LogP) is 1.27. The van der Waals surface area contributed by atoms with Gasteiger partial charge in [-0.25, -0.2) is 13.4 Å². The molecule has 114 valence electrons. The maximum Gasteiger partial charge on any atom is 0.226 e. The van der Waals surface area contributed by atoms with Crippen molar-refractivity contribution in [2.45, 2.75) is 5.75 Å². The van der Waals surface area contributed by atoms with E-state index >= 15 is 0 Å². The van der Waals surface area contributed by atoms with E-state index in [1.165, 1.54) is 6.26 Å². The molecule has 0 atom stereocenters. The van der Waals surface area contributed by atoms with Gasteiger partial charge in [0.25, 0.3) is 0 Å². The molecule has 0 fully saturated rings. The Labute approximate surface area is 123 Å². The van der Waals surface area contributed by atoms with E-state index in [9.17, 15) is 8.42 Å². The lowest BCUT2D eigenvalue weighted by Gasteiger charge is -2.02. The molecule has 0 saturated heterocycles. The van der Waals surface area contributed by atoms with Crippen molar-refractivity contribution in [3.05, 3.63) is 42.3 Å². The number of aliphatic hydroxyl groups is 1. The first-order chi connectivity index (χ1) is 10.1. The van der Waals surface area contributed by atoms with Crippen molar-refractivity contribution in [3.63, 3.8) is 0 Å². The van der Waals surface area contributed by atoms with Gasteiger partial charge in [0.15, 0.2) is 9.84 Å². The molecule has 0 spiro atoms. The monoisotopic (exact) mass is 311 g/mol. The fourth-order valence-electron chi connectivity index (χ4n) is 1.74. The Morgan fingerprint density at radius 2 is 1.95 bits per heavy atom. The van der Waals surface area contributed by atoms with Crippen LogP contribution < -0.4 is 0 Å². The lowest BCUT2D eigenvalue weighted by molar-refractivity contribution is 0.103. The molecule has 0 aliphatic carbocycles. The molecule has 0 radical (unpaired) electrons. The van der Waals surface area contributed by atoms with Crippen molar-refractivity contribution in [1.82, 2.24) is 4.98 Å². The van der Waals surface area contributed by atoms with Gasteiger partial charge in [0, 0.05) is 5.56 Å². The first-order valence-corrected chi connectivity index (χ1v) is 8.32. The smallest absolute Gasteiger partial charge is 0.226 e. The topological polar surface area (TPSA) is 89.6 Å². The number of rotatable bonds is 8. The van der Waals surface area contributed by atoms with Crippen LogP contribution >= 0.6 is 0 Å². The number of hydrogen-bond acceptors (Lipinski definition) is 6. The molecule has 0 bridgehead atoms. The van der Waals surface area contributed by atoms with Crippen LogP contribution in [0.3, 0.4) is 0 Å². The SMILES string of the molecule is O=S(=O)(CCOCCO)Cc1coc(-c2ccccc2)n1. The van der Waals surface area contributed by atoms with Crippen LogP contribution in [0.1, 0.15) is 5.69 Å². The second-order valence-electron chi connectivity index (χ2n) is 4.44. The summed E-state index contributed by atoms with van der Waals surface area (Å²) in [6, 6.07) is 9.27. The molecule has 1 aromatic heterocycles. The molecule has 2 rings (SSSR count). The van der Waals surface area contributed by atoms with Gasteiger partial charge in [0.05, 0.1) is 37.0 Å². The molecule has 1 aromatic carbocycles. The number of aromatic nitrogens is 1. The Hall–Kier alpha value is -1.70. The van der Waals surface area contributed by atoms with E-state index in [-0.39, 0.29) is 31.3 Å². The summed E-state index contributed by atoms with van der Waals surface area (Å²) in [4.78, 5) is 4.18. The minimum absolute atomic E-state index is 0.0618. The molecule has 0 saturated carbocycles. The molecule has 7 heteroatoms. The highest BCUT2D eigenvalue weighted by Gasteiger charge is 2.16. The Balaban J connectivity index is 1.96. The molecule has 2 aromatic rings. The third kappa shape index (κ3) is 4.96. The van der Waals surface area contributed by atoms with Gasteiger partial charge in [-0.2, -0.15) is 0 Å². The summed E-state index contributed by atoms with van der Waals surface area (Å²) in [6.45, 7) is 0.0771. The average Bonchev–Trinajstić information content (AvgIpc) is 2.92. The molecule has 0 aliphatic rings. The standard InChI is InChI=1S/C14H17NO5S/c16-6-7-19-8-9-21(17,18)11-13-10-20-14(15-13)12-4-2-1-3-5-12/h1-5,10,16H,6-9,11H2. The normalized spacial score (nSPS) is 11.7. The number of hydrogen-bond donors (Lipinski definition) is 1. The summed E-state index contributed by atoms with van der Waals surface area (Å²) in [5, 5.41) is 8.55. The quantitative estimate of drug-likeness (QED) is 0.738. The van der Waals surface area contributed by atoms with Crippen molar-refractivity contribution >= 4 is 9.84 Å². The van der Waals surface area contributed by atoms with Crippen LogP contribution in [0, 0.1) is 0 Å². The maximum absolute atomic E-state index is 11.9. The second kappa shape index (κ2) is 7.35. The fourth-order valence-corrected chi connectivity index (χ4v) is 2.84. The lowest BCUT2D eigenvalue weighted by atomic mass is 10.2. The molecule has 1 N–H and O–H groups in total. The van der Waals surface area contributed by atoms with Gasteiger partial charge >= 0.3 is 0 Å². The number of ether oxygens (including phenoxy) is 1. The van der Waals surface area contributed by atoms with E-state index < -0.39 is 9.84 Å². The second-order valence-corrected chi connectivity index (χ2v) is 6.62. The number of sulfone groups is 1. The Morgan fingerprint density at radius 1 is 1.19 bits per heavy atom. The molecule has 6 nitrogen and oxygen atoms in total. The summed E-state index contributed by atoms with van der Waals surface area (Å²) >= 11 is 0. The van der Waals surface area contributed by atoms with Crippen molar-refractivity contribution < 1.29 is 22.7 Å². The Bertz CT molecular complexity index is 651. The molecule has 0 unspecified atom stereocenters. The zero-order valence-electron chi connectivity index (χ0n) is 11.4. The van der Waals surface area contributed by atoms with E-state index in [2.05, 4.69) is 4.98 Å². The minimum atomic E-state index is -3.31. The highest BCUT2D eigenvalue weighted by Crippen LogP contribution is 2.19. The highest BCUT2D eigenvalue weighted by molar-refractivity contribution is 7.90. The van der Waals surface area contributed by atoms with Crippen LogP contribution in [0.5, 0.6) is 0 Å². The van der Waals surface area contributed by atoms with Gasteiger partial charge in [0.1, 0.15) is 6.26 Å². The number of aliphatic hydroxyl groups excluding tert-OH is 1. The Morgan fingerprint density at radius 3 is 2.67 bits per heavy atom. The van der Waals surface area contributed by atoms with Crippen molar-refractivity contribution in [1.29, 1.82) is 0 Å². The van der Waals surface area contributed by atoms with Crippen molar-refractivity contribution in [3.8, 4) is 11.5 Å². The molecular formula is C14H17NO5S. The van der Waals surface area contributed by atoms with Crippen molar-refractivity contribution in [2.75, 3.05) is 25.6 Å². The van der Waals surface area contributed by atoms with Crippen LogP contribution in [0.15, 0.2) is 41.0 Å². The first-order valence-electron chi connectivity index (χ1n) is 6.49. The fraction of sp³-hybridized carbons (Fsp3) is 0.357. The predicted molar refractivity (Wildman–Crippen MR) is 77.3 cm³/mol. The summed E-state index contributed by atoms with van der Waals surface area (Å²) < 4.78 is 34.0. The summed E-state index contributed by atoms with van der Waals surface area (Å²) in [6.07, 6.45) is 1.36. The lowest BCUT2D eigenvalue weighted by Crippen LogP contribution is -2.15. The van der Waals surface area contributed by atoms with Gasteiger partial charge < -0.3 is 14.3 Å². The third-order valence-corrected chi connectivity index (χ3v) is 4.24. The van der Waals surface area contributed by atoms with Crippen LogP contribution in [-0.4, -0.2) is 44.1 Å². The molecule has 0 amide bonds. The number of oxazole rings is 1. The van der Waals surface area contributed by atoms with Crippen LogP contribution in [0.4, 0.5) is 0 Å². The summed E-state index contributed by atoms with van der Waals surface area (Å²) in [5.41, 5.74) is 1.17. The van der Waals surface area contributed by atoms with Gasteiger partial charge in [-0.3, -0.25) is 0 Å².